The Balaban J connectivity index is 1.73. The summed E-state index contributed by atoms with van der Waals surface area (Å²) in [5.74, 6) is 0.980. The minimum Gasteiger partial charge on any atom is -0.192 e. The topological polar surface area (TPSA) is 23.8 Å². The predicted octanol–water partition coefficient (Wildman–Crippen LogP) is 5.72. The molecule has 0 aliphatic carbocycles. The number of hydrogen-bond donors (Lipinski definition) is 0. The average molecular weight is 334 g/mol. The van der Waals surface area contributed by atoms with Crippen LogP contribution in [0.4, 0.5) is 0 Å². The molecule has 2 heteroatoms. The third-order valence-electron chi connectivity index (χ3n) is 5.83. The molecule has 0 N–H and O–H groups in total. The minimum absolute atomic E-state index is 0.721. The fraction of sp³-hybridized carbons (Fsp3) is 0.409. The lowest BCUT2D eigenvalue weighted by Gasteiger charge is -2.36. The van der Waals surface area contributed by atoms with Crippen LogP contribution < -0.4 is 5.19 Å². The Bertz CT molecular complexity index is 701. The van der Waals surface area contributed by atoms with Crippen LogP contribution >= 0.6 is 0 Å². The van der Waals surface area contributed by atoms with Gasteiger partial charge in [0.2, 0.25) is 0 Å². The number of benzene rings is 2. The quantitative estimate of drug-likeness (QED) is 0.656. The number of hydrogen-bond acceptors (Lipinski definition) is 1. The molecule has 0 aromatic heterocycles. The maximum Gasteiger partial charge on any atom is 0.0991 e. The van der Waals surface area contributed by atoms with E-state index in [0.717, 1.165) is 11.5 Å². The van der Waals surface area contributed by atoms with Crippen LogP contribution in [-0.4, -0.2) is 8.07 Å². The highest BCUT2D eigenvalue weighted by molar-refractivity contribution is 6.91. The van der Waals surface area contributed by atoms with Crippen molar-refractivity contribution in [2.24, 2.45) is 5.92 Å². The average Bonchev–Trinajstić information content (AvgIpc) is 2.64. The van der Waals surface area contributed by atoms with E-state index in [2.05, 4.69) is 43.8 Å². The minimum atomic E-state index is -1.27. The summed E-state index contributed by atoms with van der Waals surface area (Å²) in [7, 11) is -1.27. The molecule has 1 aliphatic heterocycles. The van der Waals surface area contributed by atoms with E-state index >= 15 is 0 Å². The van der Waals surface area contributed by atoms with Crippen molar-refractivity contribution >= 4 is 13.3 Å². The van der Waals surface area contributed by atoms with Gasteiger partial charge in [0.05, 0.1) is 19.7 Å². The summed E-state index contributed by atoms with van der Waals surface area (Å²) in [5.41, 5.74) is 3.17. The van der Waals surface area contributed by atoms with E-state index in [0.29, 0.717) is 0 Å². The van der Waals surface area contributed by atoms with Crippen molar-refractivity contribution in [2.75, 3.05) is 0 Å². The lowest BCUT2D eigenvalue weighted by Crippen LogP contribution is -2.47. The van der Waals surface area contributed by atoms with E-state index in [1.54, 1.807) is 5.19 Å². The monoisotopic (exact) mass is 333 g/mol. The molecule has 1 nitrogen and oxygen atoms in total. The highest BCUT2D eigenvalue weighted by Crippen LogP contribution is 2.34. The van der Waals surface area contributed by atoms with Gasteiger partial charge in [-0.05, 0) is 29.2 Å². The van der Waals surface area contributed by atoms with Gasteiger partial charge in [0.15, 0.2) is 0 Å². The molecule has 0 atom stereocenters. The van der Waals surface area contributed by atoms with E-state index in [9.17, 15) is 0 Å². The fourth-order valence-corrected chi connectivity index (χ4v) is 7.99. The third kappa shape index (κ3) is 3.62. The van der Waals surface area contributed by atoms with Crippen molar-refractivity contribution in [1.82, 2.24) is 0 Å². The molecule has 1 heterocycles. The Morgan fingerprint density at radius 1 is 0.958 bits per heavy atom. The Morgan fingerprint density at radius 2 is 1.50 bits per heavy atom. The summed E-state index contributed by atoms with van der Waals surface area (Å²) in [6.07, 6.45) is 5.63. The normalized spacial score (nSPS) is 23.6. The molecule has 2 aromatic carbocycles. The highest BCUT2D eigenvalue weighted by atomic mass is 28.3. The number of rotatable bonds is 4. The maximum atomic E-state index is 8.91. The number of nitriles is 1. The lowest BCUT2D eigenvalue weighted by molar-refractivity contribution is 0.431. The molecule has 1 aliphatic rings. The van der Waals surface area contributed by atoms with Crippen LogP contribution in [0.2, 0.25) is 18.6 Å². The zero-order valence-corrected chi connectivity index (χ0v) is 15.9. The molecule has 0 amide bonds. The van der Waals surface area contributed by atoms with Gasteiger partial charge in [0.25, 0.3) is 0 Å². The van der Waals surface area contributed by atoms with Gasteiger partial charge in [-0.25, -0.2) is 0 Å². The molecular weight excluding hydrogens is 306 g/mol. The van der Waals surface area contributed by atoms with Crippen LogP contribution in [0.5, 0.6) is 0 Å². The van der Waals surface area contributed by atoms with Crippen molar-refractivity contribution in [3.63, 3.8) is 0 Å². The summed E-state index contributed by atoms with van der Waals surface area (Å²) in [4.78, 5) is 0. The Morgan fingerprint density at radius 3 is 2.00 bits per heavy atom. The van der Waals surface area contributed by atoms with E-state index in [1.807, 2.05) is 24.3 Å². The van der Waals surface area contributed by atoms with Crippen LogP contribution in [0.15, 0.2) is 48.5 Å². The predicted molar refractivity (Wildman–Crippen MR) is 105 cm³/mol. The molecule has 0 radical (unpaired) electrons. The van der Waals surface area contributed by atoms with Crippen LogP contribution in [-0.2, 0) is 0 Å². The fourth-order valence-electron chi connectivity index (χ4n) is 4.10. The molecule has 0 spiro atoms. The van der Waals surface area contributed by atoms with Gasteiger partial charge >= 0.3 is 0 Å². The molecule has 0 saturated carbocycles. The van der Waals surface area contributed by atoms with Crippen molar-refractivity contribution in [3.8, 4) is 17.2 Å². The van der Waals surface area contributed by atoms with E-state index in [-0.39, 0.29) is 0 Å². The molecule has 24 heavy (non-hydrogen) atoms. The van der Waals surface area contributed by atoms with Gasteiger partial charge in [-0.3, -0.25) is 0 Å². The van der Waals surface area contributed by atoms with E-state index < -0.39 is 8.07 Å². The van der Waals surface area contributed by atoms with E-state index in [1.165, 1.54) is 48.9 Å². The second-order valence-electron chi connectivity index (χ2n) is 7.56. The standard InChI is InChI=1S/C22H27NSi/c1-3-4-18-13-15-24(2,16-14-18)22-11-9-21(10-12-22)20-7-5-19(17-23)6-8-20/h5-12,18H,3-4,13-16H2,1-2H3. The second-order valence-corrected chi connectivity index (χ2v) is 12.3. The first-order valence-electron chi connectivity index (χ1n) is 9.26. The summed E-state index contributed by atoms with van der Waals surface area (Å²) in [6, 6.07) is 22.3. The van der Waals surface area contributed by atoms with Gasteiger partial charge in [-0.2, -0.15) is 5.26 Å². The van der Waals surface area contributed by atoms with Gasteiger partial charge in [-0.1, -0.05) is 92.8 Å². The second kappa shape index (κ2) is 7.36. The lowest BCUT2D eigenvalue weighted by atomic mass is 9.97. The van der Waals surface area contributed by atoms with Crippen LogP contribution in [0.1, 0.15) is 38.2 Å². The smallest absolute Gasteiger partial charge is 0.0991 e. The van der Waals surface area contributed by atoms with Crippen molar-refractivity contribution in [1.29, 1.82) is 5.26 Å². The van der Waals surface area contributed by atoms with E-state index in [4.69, 9.17) is 5.26 Å². The molecule has 2 aromatic rings. The SMILES string of the molecule is CCCC1CC[Si](C)(c2ccc(-c3ccc(C#N)cc3)cc2)CC1. The van der Waals surface area contributed by atoms with Crippen LogP contribution in [0, 0.1) is 17.2 Å². The van der Waals surface area contributed by atoms with Gasteiger partial charge in [-0.15, -0.1) is 0 Å². The first kappa shape index (κ1) is 17.0. The zero-order chi connectivity index (χ0) is 17.0. The molecular formula is C22H27NSi. The van der Waals surface area contributed by atoms with Crippen molar-refractivity contribution in [3.05, 3.63) is 54.1 Å². The highest BCUT2D eigenvalue weighted by Gasteiger charge is 2.34. The first-order chi connectivity index (χ1) is 11.6. The maximum absolute atomic E-state index is 8.91. The van der Waals surface area contributed by atoms with Gasteiger partial charge < -0.3 is 0 Å². The Hall–Kier alpha value is -1.85. The molecule has 0 bridgehead atoms. The van der Waals surface area contributed by atoms with Crippen molar-refractivity contribution < 1.29 is 0 Å². The molecule has 0 unspecified atom stereocenters. The molecule has 1 fully saturated rings. The Kier molecular flexibility index (Phi) is 5.21. The first-order valence-corrected chi connectivity index (χ1v) is 12.2. The summed E-state index contributed by atoms with van der Waals surface area (Å²) in [6.45, 7) is 4.89. The van der Waals surface area contributed by atoms with Gasteiger partial charge in [0, 0.05) is 0 Å². The molecule has 124 valence electrons. The number of nitrogens with zero attached hydrogens (tertiary/aromatic N) is 1. The third-order valence-corrected chi connectivity index (χ3v) is 10.3. The summed E-state index contributed by atoms with van der Waals surface area (Å²) >= 11 is 0. The van der Waals surface area contributed by atoms with Gasteiger partial charge in [0.1, 0.15) is 0 Å². The summed E-state index contributed by atoms with van der Waals surface area (Å²) in [5, 5.41) is 10.5. The van der Waals surface area contributed by atoms with Crippen LogP contribution in [0.25, 0.3) is 11.1 Å². The molecule has 3 rings (SSSR count). The summed E-state index contributed by atoms with van der Waals surface area (Å²) < 4.78 is 0. The van der Waals surface area contributed by atoms with Crippen molar-refractivity contribution in [2.45, 2.75) is 51.2 Å². The largest absolute Gasteiger partial charge is 0.192 e. The Labute approximate surface area is 147 Å². The molecule has 1 saturated heterocycles. The van der Waals surface area contributed by atoms with Crippen LogP contribution in [0.3, 0.4) is 0 Å². The zero-order valence-electron chi connectivity index (χ0n) is 14.9.